The van der Waals surface area contributed by atoms with Gasteiger partial charge in [0.1, 0.15) is 0 Å². The number of aliphatic hydroxyl groups is 1. The van der Waals surface area contributed by atoms with E-state index in [2.05, 4.69) is 34.6 Å². The summed E-state index contributed by atoms with van der Waals surface area (Å²) in [4.78, 5) is 26.7. The van der Waals surface area contributed by atoms with Gasteiger partial charge in [0, 0.05) is 18.4 Å². The van der Waals surface area contributed by atoms with Crippen LogP contribution in [0.2, 0.25) is 0 Å². The fourth-order valence-corrected chi connectivity index (χ4v) is 13.8. The van der Waals surface area contributed by atoms with Crippen molar-refractivity contribution in [1.29, 1.82) is 0 Å². The van der Waals surface area contributed by atoms with E-state index in [1.165, 1.54) is 38.5 Å². The van der Waals surface area contributed by atoms with Crippen molar-refractivity contribution in [3.8, 4) is 0 Å². The van der Waals surface area contributed by atoms with Crippen molar-refractivity contribution in [2.24, 2.45) is 62.4 Å². The molecule has 45 heavy (non-hydrogen) atoms. The summed E-state index contributed by atoms with van der Waals surface area (Å²) < 4.78 is 19.6. The maximum Gasteiger partial charge on any atom is 0.223 e. The molecule has 0 aromatic carbocycles. The summed E-state index contributed by atoms with van der Waals surface area (Å²) in [6.07, 6.45) is 11.2. The number of hydrogen-bond acceptors (Lipinski definition) is 6. The van der Waals surface area contributed by atoms with Crippen LogP contribution >= 0.6 is 0 Å². The normalized spacial score (nSPS) is 52.9. The largest absolute Gasteiger partial charge is 0.390 e. The number of morpholine rings is 1. The van der Waals surface area contributed by atoms with Crippen LogP contribution in [0.5, 0.6) is 0 Å². The fraction of sp³-hybridized carbons (Fsp3) is 0.946. The van der Waals surface area contributed by atoms with Crippen molar-refractivity contribution in [3.05, 3.63) is 0 Å². The molecule has 6 aliphatic carbocycles. The van der Waals surface area contributed by atoms with Crippen molar-refractivity contribution in [2.45, 2.75) is 142 Å². The second-order valence-corrected chi connectivity index (χ2v) is 18.2. The van der Waals surface area contributed by atoms with Crippen LogP contribution < -0.4 is 5.73 Å². The minimum Gasteiger partial charge on any atom is -0.390 e. The van der Waals surface area contributed by atoms with E-state index in [1.807, 2.05) is 4.90 Å². The van der Waals surface area contributed by atoms with Crippen LogP contribution in [0.3, 0.4) is 0 Å². The first-order valence-corrected chi connectivity index (χ1v) is 18.4. The first-order valence-electron chi connectivity index (χ1n) is 18.4. The number of aliphatic hydroxyl groups excluding tert-OH is 1. The van der Waals surface area contributed by atoms with Crippen LogP contribution in [-0.2, 0) is 23.8 Å². The summed E-state index contributed by atoms with van der Waals surface area (Å²) in [6, 6.07) is 0. The van der Waals surface area contributed by atoms with Crippen LogP contribution in [-0.4, -0.2) is 72.2 Å². The fourth-order valence-electron chi connectivity index (χ4n) is 13.8. The highest BCUT2D eigenvalue weighted by Crippen LogP contribution is 2.89. The Labute approximate surface area is 269 Å². The van der Waals surface area contributed by atoms with Gasteiger partial charge in [0.05, 0.1) is 44.0 Å². The monoisotopic (exact) mass is 626 g/mol. The Hall–Kier alpha value is -1.22. The van der Waals surface area contributed by atoms with Crippen LogP contribution in [0.25, 0.3) is 0 Å². The summed E-state index contributed by atoms with van der Waals surface area (Å²) in [7, 11) is 0. The van der Waals surface area contributed by atoms with Gasteiger partial charge in [-0.1, -0.05) is 34.6 Å². The molecule has 2 saturated heterocycles. The Balaban J connectivity index is 1.01. The van der Waals surface area contributed by atoms with E-state index >= 15 is 0 Å². The minimum absolute atomic E-state index is 0.0116. The number of carbonyl (C=O) groups is 2. The Morgan fingerprint density at radius 2 is 1.71 bits per heavy atom. The highest BCUT2D eigenvalue weighted by Gasteiger charge is 2.84. The molecule has 252 valence electrons. The molecule has 0 radical (unpaired) electrons. The zero-order valence-corrected chi connectivity index (χ0v) is 28.4. The van der Waals surface area contributed by atoms with Crippen molar-refractivity contribution in [3.63, 3.8) is 0 Å². The molecule has 2 heterocycles. The van der Waals surface area contributed by atoms with Gasteiger partial charge in [-0.15, -0.1) is 0 Å². The second-order valence-electron chi connectivity index (χ2n) is 18.2. The molecule has 8 fully saturated rings. The standard InChI is InChI=1S/C37H58N2O6/c1-21-16-23(18-27(38)40)44-31-30(21)34(4)12-13-37-20-36(37)11-10-26(33(2,3)24(36)8-9-25(37)35(34,5)32(31)42)45-29-19-39(14-15-43-29)28(41)17-22-6-7-22/h21-26,29-32,42H,6-20H2,1-5H3,(H2,38,40)/t21-,23?,24+,25?,26?,29+,30+,31?,32+,34-,35-,36-,37+/m1/s1. The zero-order valence-electron chi connectivity index (χ0n) is 28.4. The molecule has 13 atom stereocenters. The quantitative estimate of drug-likeness (QED) is 0.427. The summed E-state index contributed by atoms with van der Waals surface area (Å²) in [5.41, 5.74) is 6.00. The molecule has 0 aromatic heterocycles. The predicted molar refractivity (Wildman–Crippen MR) is 168 cm³/mol. The van der Waals surface area contributed by atoms with Gasteiger partial charge >= 0.3 is 0 Å². The van der Waals surface area contributed by atoms with Crippen LogP contribution in [0.4, 0.5) is 0 Å². The predicted octanol–water partition coefficient (Wildman–Crippen LogP) is 5.05. The number of primary amides is 1. The number of ether oxygens (including phenoxy) is 3. The minimum atomic E-state index is -0.524. The molecule has 8 heteroatoms. The van der Waals surface area contributed by atoms with E-state index in [0.717, 1.165) is 25.7 Å². The van der Waals surface area contributed by atoms with E-state index in [0.29, 0.717) is 61.1 Å². The lowest BCUT2D eigenvalue weighted by atomic mass is 9.41. The molecular formula is C37H58N2O6. The lowest BCUT2D eigenvalue weighted by Crippen LogP contribution is -2.60. The Morgan fingerprint density at radius 3 is 2.44 bits per heavy atom. The number of nitrogens with zero attached hydrogens (tertiary/aromatic N) is 1. The van der Waals surface area contributed by atoms with Gasteiger partial charge in [0.15, 0.2) is 6.29 Å². The van der Waals surface area contributed by atoms with Crippen LogP contribution in [0.1, 0.15) is 112 Å². The maximum atomic E-state index is 12.9. The van der Waals surface area contributed by atoms with E-state index < -0.39 is 6.10 Å². The number of rotatable bonds is 6. The van der Waals surface area contributed by atoms with Gasteiger partial charge in [-0.05, 0) is 115 Å². The first-order chi connectivity index (χ1) is 21.3. The van der Waals surface area contributed by atoms with Crippen molar-refractivity contribution < 1.29 is 28.9 Å². The third-order valence-electron chi connectivity index (χ3n) is 16.1. The van der Waals surface area contributed by atoms with Crippen molar-refractivity contribution in [2.75, 3.05) is 19.7 Å². The van der Waals surface area contributed by atoms with E-state index in [-0.39, 0.29) is 64.5 Å². The number of fused-ring (bicyclic) bond motifs is 4. The molecule has 2 amide bonds. The number of hydrogen-bond donors (Lipinski definition) is 2. The maximum absolute atomic E-state index is 12.9. The average Bonchev–Trinajstić information content (AvgIpc) is 3.89. The van der Waals surface area contributed by atoms with Crippen LogP contribution in [0.15, 0.2) is 0 Å². The highest BCUT2D eigenvalue weighted by molar-refractivity contribution is 5.76. The van der Waals surface area contributed by atoms with Gasteiger partial charge in [-0.2, -0.15) is 0 Å². The summed E-state index contributed by atoms with van der Waals surface area (Å²) in [5.74, 6) is 2.30. The van der Waals surface area contributed by atoms with E-state index in [9.17, 15) is 14.7 Å². The second kappa shape index (κ2) is 10.1. The molecule has 2 spiro atoms. The third-order valence-corrected chi connectivity index (χ3v) is 16.1. The van der Waals surface area contributed by atoms with Gasteiger partial charge < -0.3 is 30.0 Å². The van der Waals surface area contributed by atoms with Gasteiger partial charge in [-0.3, -0.25) is 9.59 Å². The summed E-state index contributed by atoms with van der Waals surface area (Å²) >= 11 is 0. The van der Waals surface area contributed by atoms with E-state index in [1.54, 1.807) is 0 Å². The third kappa shape index (κ3) is 4.22. The molecule has 0 bridgehead atoms. The highest BCUT2D eigenvalue weighted by atomic mass is 16.7. The number of carbonyl (C=O) groups excluding carboxylic acids is 2. The molecule has 2 aliphatic heterocycles. The van der Waals surface area contributed by atoms with Crippen molar-refractivity contribution >= 4 is 11.8 Å². The van der Waals surface area contributed by atoms with Gasteiger partial charge in [0.25, 0.3) is 0 Å². The van der Waals surface area contributed by atoms with Crippen LogP contribution in [0, 0.1) is 56.7 Å². The van der Waals surface area contributed by atoms with Gasteiger partial charge in [0.2, 0.25) is 11.8 Å². The summed E-state index contributed by atoms with van der Waals surface area (Å²) in [5, 5.41) is 12.3. The Bertz CT molecular complexity index is 1240. The summed E-state index contributed by atoms with van der Waals surface area (Å²) in [6.45, 7) is 13.9. The first kappa shape index (κ1) is 31.1. The van der Waals surface area contributed by atoms with Gasteiger partial charge in [-0.25, -0.2) is 0 Å². The molecule has 8 nitrogen and oxygen atoms in total. The zero-order chi connectivity index (χ0) is 31.7. The smallest absolute Gasteiger partial charge is 0.223 e. The lowest BCUT2D eigenvalue weighted by Gasteiger charge is -2.64. The molecular weight excluding hydrogens is 568 g/mol. The molecule has 0 aromatic rings. The number of nitrogens with two attached hydrogens (primary N) is 1. The number of amides is 2. The average molecular weight is 627 g/mol. The molecule has 3 N–H and O–H groups in total. The topological polar surface area (TPSA) is 111 Å². The molecule has 4 unspecified atom stereocenters. The SMILES string of the molecule is C[C@@H]1CC(CC(N)=O)OC2[C@H]1[C@@]1(C)CC[C@@]34C[C@@]35CCC(O[C@H]3CN(C(=O)CC6CC6)CCO3)C(C)(C)[C@@H]5CCC4[C@]1(C)[C@H]2O. The van der Waals surface area contributed by atoms with Crippen molar-refractivity contribution in [1.82, 2.24) is 4.90 Å². The van der Waals surface area contributed by atoms with E-state index in [4.69, 9.17) is 19.9 Å². The lowest BCUT2D eigenvalue weighted by molar-refractivity contribution is -0.248. The molecule has 8 aliphatic rings. The molecule has 6 saturated carbocycles. The Kier molecular flexibility index (Phi) is 7.01. The molecule has 8 rings (SSSR count). The Morgan fingerprint density at radius 1 is 0.978 bits per heavy atom.